The summed E-state index contributed by atoms with van der Waals surface area (Å²) in [7, 11) is -2.06. The van der Waals surface area contributed by atoms with Crippen molar-refractivity contribution in [3.63, 3.8) is 0 Å². The molecule has 4 nitrogen and oxygen atoms in total. The highest BCUT2D eigenvalue weighted by molar-refractivity contribution is 7.89. The Kier molecular flexibility index (Phi) is 4.12. The van der Waals surface area contributed by atoms with E-state index in [1.165, 1.54) is 7.11 Å². The molecule has 0 saturated heterocycles. The molecule has 0 spiro atoms. The van der Waals surface area contributed by atoms with Gasteiger partial charge in [0.1, 0.15) is 0 Å². The topological polar surface area (TPSA) is 55.4 Å². The first-order chi connectivity index (χ1) is 4.12. The average Bonchev–Trinajstić information content (AvgIpc) is 1.64. The van der Waals surface area contributed by atoms with E-state index >= 15 is 0 Å². The van der Waals surface area contributed by atoms with Gasteiger partial charge in [-0.05, 0) is 0 Å². The second-order valence-electron chi connectivity index (χ2n) is 1.30. The number of hydrogen-bond donors (Lipinski definition) is 1. The molecule has 0 heterocycles. The van der Waals surface area contributed by atoms with Crippen LogP contribution in [0.3, 0.4) is 0 Å². The van der Waals surface area contributed by atoms with Crippen LogP contribution in [0.15, 0.2) is 0 Å². The highest BCUT2D eigenvalue weighted by Gasteiger charge is 2.06. The molecule has 0 unspecified atom stereocenters. The molecule has 6 heteroatoms. The molecular weight excluding hydrogens is 166 g/mol. The number of alkyl halides is 1. The van der Waals surface area contributed by atoms with Crippen LogP contribution in [-0.4, -0.2) is 27.2 Å². The van der Waals surface area contributed by atoms with Gasteiger partial charge in [-0.25, -0.2) is 8.42 Å². The van der Waals surface area contributed by atoms with Gasteiger partial charge in [-0.15, -0.1) is 11.6 Å². The maximum absolute atomic E-state index is 10.5. The molecule has 0 aromatic heterocycles. The van der Waals surface area contributed by atoms with Crippen molar-refractivity contribution in [1.82, 2.24) is 4.89 Å². The Morgan fingerprint density at radius 1 is 1.67 bits per heavy atom. The lowest BCUT2D eigenvalue weighted by molar-refractivity contribution is 0.153. The Labute approximate surface area is 59.2 Å². The Hall–Kier alpha value is 0.160. The third kappa shape index (κ3) is 4.65. The van der Waals surface area contributed by atoms with Crippen molar-refractivity contribution < 1.29 is 13.3 Å². The molecule has 0 rings (SSSR count). The van der Waals surface area contributed by atoms with Crippen molar-refractivity contribution in [2.45, 2.75) is 0 Å². The normalized spacial score (nSPS) is 11.8. The van der Waals surface area contributed by atoms with Crippen LogP contribution in [0.1, 0.15) is 0 Å². The molecule has 0 aromatic rings. The zero-order valence-corrected chi connectivity index (χ0v) is 6.50. The summed E-state index contributed by atoms with van der Waals surface area (Å²) in [5.74, 6) is -0.0545. The van der Waals surface area contributed by atoms with Crippen molar-refractivity contribution in [3.8, 4) is 0 Å². The summed E-state index contributed by atoms with van der Waals surface area (Å²) in [5, 5.41) is 0. The molecule has 0 saturated carbocycles. The minimum Gasteiger partial charge on any atom is -0.290 e. The highest BCUT2D eigenvalue weighted by Crippen LogP contribution is 1.84. The molecule has 0 bridgehead atoms. The fourth-order valence-electron chi connectivity index (χ4n) is 0.270. The number of sulfonamides is 1. The van der Waals surface area contributed by atoms with Gasteiger partial charge in [0.05, 0.1) is 12.9 Å². The number of halogens is 1. The Morgan fingerprint density at radius 3 is 2.56 bits per heavy atom. The summed E-state index contributed by atoms with van der Waals surface area (Å²) in [5.41, 5.74) is 0. The zero-order chi connectivity index (χ0) is 7.33. The predicted molar refractivity (Wildman–Crippen MR) is 34.7 cm³/mol. The monoisotopic (exact) mass is 173 g/mol. The summed E-state index contributed by atoms with van der Waals surface area (Å²) in [4.78, 5) is 5.97. The van der Waals surface area contributed by atoms with E-state index in [0.29, 0.717) is 0 Å². The van der Waals surface area contributed by atoms with Gasteiger partial charge >= 0.3 is 0 Å². The second kappa shape index (κ2) is 4.05. The van der Waals surface area contributed by atoms with Crippen molar-refractivity contribution in [2.24, 2.45) is 0 Å². The first-order valence-corrected chi connectivity index (χ1v) is 4.39. The van der Waals surface area contributed by atoms with Crippen LogP contribution in [0.5, 0.6) is 0 Å². The molecule has 0 aliphatic heterocycles. The van der Waals surface area contributed by atoms with E-state index in [0.717, 1.165) is 0 Å². The molecule has 0 fully saturated rings. The van der Waals surface area contributed by atoms with Crippen molar-refractivity contribution in [1.29, 1.82) is 0 Å². The summed E-state index contributed by atoms with van der Waals surface area (Å²) in [6.07, 6.45) is 0. The van der Waals surface area contributed by atoms with Crippen LogP contribution in [0.25, 0.3) is 0 Å². The Bertz CT molecular complexity index is 142. The number of rotatable bonds is 4. The Balaban J connectivity index is 3.73. The lowest BCUT2D eigenvalue weighted by Gasteiger charge is -1.99. The van der Waals surface area contributed by atoms with Crippen LogP contribution in [-0.2, 0) is 14.9 Å². The fourth-order valence-corrected chi connectivity index (χ4v) is 1.42. The smallest absolute Gasteiger partial charge is 0.234 e. The van der Waals surface area contributed by atoms with E-state index in [1.54, 1.807) is 0 Å². The lowest BCUT2D eigenvalue weighted by Crippen LogP contribution is -2.25. The summed E-state index contributed by atoms with van der Waals surface area (Å²) in [6.45, 7) is 0. The second-order valence-corrected chi connectivity index (χ2v) is 3.48. The van der Waals surface area contributed by atoms with Gasteiger partial charge < -0.3 is 0 Å². The van der Waals surface area contributed by atoms with Gasteiger partial charge in [0.2, 0.25) is 10.0 Å². The average molecular weight is 174 g/mol. The number of nitrogens with one attached hydrogen (secondary N) is 1. The van der Waals surface area contributed by atoms with E-state index in [9.17, 15) is 8.42 Å². The fraction of sp³-hybridized carbons (Fsp3) is 1.00. The molecule has 0 atom stereocenters. The van der Waals surface area contributed by atoms with Gasteiger partial charge in [-0.2, -0.15) is 0 Å². The minimum absolute atomic E-state index is 0.0681. The molecule has 0 aliphatic rings. The lowest BCUT2D eigenvalue weighted by atomic mass is 11.0. The minimum atomic E-state index is -3.29. The molecule has 1 N–H and O–H groups in total. The molecule has 56 valence electrons. The van der Waals surface area contributed by atoms with Crippen molar-refractivity contribution in [2.75, 3.05) is 18.7 Å². The van der Waals surface area contributed by atoms with Crippen LogP contribution in [0, 0.1) is 0 Å². The standard InChI is InChI=1S/C3H8ClNO3S/c1-8-5-9(6,7)3-2-4/h5H,2-3H2,1H3. The summed E-state index contributed by atoms with van der Waals surface area (Å²) in [6, 6.07) is 0. The SMILES string of the molecule is CONS(=O)(=O)CCCl. The van der Waals surface area contributed by atoms with Gasteiger partial charge in [0.15, 0.2) is 0 Å². The molecule has 0 aliphatic carbocycles. The van der Waals surface area contributed by atoms with Crippen LogP contribution in [0.4, 0.5) is 0 Å². The van der Waals surface area contributed by atoms with Gasteiger partial charge in [-0.3, -0.25) is 4.84 Å². The van der Waals surface area contributed by atoms with Crippen LogP contribution in [0.2, 0.25) is 0 Å². The maximum atomic E-state index is 10.5. The molecule has 0 amide bonds. The molecule has 0 aromatic carbocycles. The van der Waals surface area contributed by atoms with Crippen molar-refractivity contribution >= 4 is 21.6 Å². The van der Waals surface area contributed by atoms with Gasteiger partial charge in [0, 0.05) is 5.88 Å². The maximum Gasteiger partial charge on any atom is 0.234 e. The summed E-state index contributed by atoms with van der Waals surface area (Å²) >= 11 is 5.15. The van der Waals surface area contributed by atoms with Crippen molar-refractivity contribution in [3.05, 3.63) is 0 Å². The van der Waals surface area contributed by atoms with E-state index in [1.807, 2.05) is 4.89 Å². The van der Waals surface area contributed by atoms with E-state index in [2.05, 4.69) is 4.84 Å². The zero-order valence-electron chi connectivity index (χ0n) is 4.93. The number of hydrogen-bond acceptors (Lipinski definition) is 3. The van der Waals surface area contributed by atoms with Crippen LogP contribution < -0.4 is 4.89 Å². The highest BCUT2D eigenvalue weighted by atomic mass is 35.5. The largest absolute Gasteiger partial charge is 0.290 e. The third-order valence-electron chi connectivity index (χ3n) is 0.556. The summed E-state index contributed by atoms with van der Waals surface area (Å²) < 4.78 is 21.0. The Morgan fingerprint density at radius 2 is 2.22 bits per heavy atom. The first kappa shape index (κ1) is 9.16. The van der Waals surface area contributed by atoms with Gasteiger partial charge in [0.25, 0.3) is 0 Å². The van der Waals surface area contributed by atoms with E-state index in [4.69, 9.17) is 11.6 Å². The van der Waals surface area contributed by atoms with Crippen LogP contribution >= 0.6 is 11.6 Å². The van der Waals surface area contributed by atoms with E-state index in [-0.39, 0.29) is 11.6 Å². The quantitative estimate of drug-likeness (QED) is 0.470. The predicted octanol–water partition coefficient (Wildman–Crippen LogP) is -0.294. The van der Waals surface area contributed by atoms with Gasteiger partial charge in [-0.1, -0.05) is 4.89 Å². The van der Waals surface area contributed by atoms with E-state index < -0.39 is 10.0 Å². The third-order valence-corrected chi connectivity index (χ3v) is 2.13. The molecular formula is C3H8ClNO3S. The molecule has 9 heavy (non-hydrogen) atoms. The molecule has 0 radical (unpaired) electrons. The first-order valence-electron chi connectivity index (χ1n) is 2.21.